The molecule has 2 rings (SSSR count). The van der Waals surface area contributed by atoms with Gasteiger partial charge in [-0.3, -0.25) is 9.29 Å². The Morgan fingerprint density at radius 1 is 1.10 bits per heavy atom. The van der Waals surface area contributed by atoms with Crippen molar-refractivity contribution in [3.05, 3.63) is 35.4 Å². The van der Waals surface area contributed by atoms with Crippen molar-refractivity contribution < 1.29 is 17.6 Å². The van der Waals surface area contributed by atoms with Gasteiger partial charge in [-0.25, -0.2) is 0 Å². The van der Waals surface area contributed by atoms with Crippen LogP contribution >= 0.6 is 0 Å². The van der Waals surface area contributed by atoms with Gasteiger partial charge in [0.1, 0.15) is 0 Å². The first-order valence-corrected chi connectivity index (χ1v) is 6.70. The third kappa shape index (κ3) is 3.70. The van der Waals surface area contributed by atoms with Crippen molar-refractivity contribution in [2.24, 2.45) is 0 Å². The molecule has 0 unspecified atom stereocenters. The van der Waals surface area contributed by atoms with Crippen molar-refractivity contribution in [2.45, 2.75) is 18.6 Å². The maximum atomic E-state index is 12.7. The fourth-order valence-electron chi connectivity index (χ4n) is 2.55. The molecule has 0 spiro atoms. The molecule has 0 saturated carbocycles. The molecule has 1 atom stereocenters. The minimum atomic E-state index is -4.33. The predicted molar refractivity (Wildman–Crippen MR) is 69.2 cm³/mol. The van der Waals surface area contributed by atoms with Crippen molar-refractivity contribution >= 4 is 0 Å². The summed E-state index contributed by atoms with van der Waals surface area (Å²) in [6, 6.07) is 4.92. The molecular weight excluding hydrogens is 272 g/mol. The molecule has 6 heteroatoms. The summed E-state index contributed by atoms with van der Waals surface area (Å²) in [6.45, 7) is 2.74. The van der Waals surface area contributed by atoms with E-state index < -0.39 is 18.4 Å². The van der Waals surface area contributed by atoms with Gasteiger partial charge < -0.3 is 5.32 Å². The van der Waals surface area contributed by atoms with Crippen molar-refractivity contribution in [1.29, 1.82) is 0 Å². The van der Waals surface area contributed by atoms with Crippen LogP contribution in [0, 0.1) is 0 Å². The molecule has 1 aliphatic heterocycles. The molecule has 0 radical (unpaired) electrons. The summed E-state index contributed by atoms with van der Waals surface area (Å²) in [4.78, 5) is 2.12. The molecule has 0 aliphatic carbocycles. The average molecular weight is 290 g/mol. The molecular formula is C14H18F4N2. The van der Waals surface area contributed by atoms with Crippen LogP contribution in [0.4, 0.5) is 17.6 Å². The highest BCUT2D eigenvalue weighted by molar-refractivity contribution is 5.27. The van der Waals surface area contributed by atoms with Crippen LogP contribution < -0.4 is 5.32 Å². The summed E-state index contributed by atoms with van der Waals surface area (Å²) in [5.74, 6) is 0. The second kappa shape index (κ2) is 6.54. The van der Waals surface area contributed by atoms with E-state index in [4.69, 9.17) is 0 Å². The Morgan fingerprint density at radius 2 is 1.70 bits per heavy atom. The van der Waals surface area contributed by atoms with Crippen molar-refractivity contribution in [1.82, 2.24) is 10.2 Å². The average Bonchev–Trinajstić information content (AvgIpc) is 2.45. The molecule has 112 valence electrons. The van der Waals surface area contributed by atoms with Gasteiger partial charge in [-0.15, -0.1) is 0 Å². The van der Waals surface area contributed by atoms with Crippen molar-refractivity contribution in [3.63, 3.8) is 0 Å². The number of benzene rings is 1. The maximum Gasteiger partial charge on any atom is 0.416 e. The van der Waals surface area contributed by atoms with Crippen LogP contribution in [-0.4, -0.2) is 37.8 Å². The lowest BCUT2D eigenvalue weighted by Crippen LogP contribution is -2.45. The number of hydrogen-bond acceptors (Lipinski definition) is 2. The molecule has 1 N–H and O–H groups in total. The largest absolute Gasteiger partial charge is 0.416 e. The van der Waals surface area contributed by atoms with Crippen LogP contribution in [0.15, 0.2) is 24.3 Å². The van der Waals surface area contributed by atoms with Crippen LogP contribution in [0.1, 0.15) is 23.6 Å². The van der Waals surface area contributed by atoms with Gasteiger partial charge in [0.2, 0.25) is 0 Å². The zero-order valence-corrected chi connectivity index (χ0v) is 11.1. The molecule has 0 amide bonds. The Balaban J connectivity index is 2.16. The predicted octanol–water partition coefficient (Wildman–Crippen LogP) is 3.01. The Kier molecular flexibility index (Phi) is 4.99. The van der Waals surface area contributed by atoms with Crippen LogP contribution in [0.25, 0.3) is 0 Å². The molecule has 1 aromatic carbocycles. The summed E-state index contributed by atoms with van der Waals surface area (Å²) < 4.78 is 50.4. The van der Waals surface area contributed by atoms with E-state index in [0.29, 0.717) is 6.42 Å². The van der Waals surface area contributed by atoms with Gasteiger partial charge in [0.15, 0.2) is 0 Å². The maximum absolute atomic E-state index is 12.7. The van der Waals surface area contributed by atoms with Gasteiger partial charge in [-0.2, -0.15) is 13.2 Å². The lowest BCUT2D eigenvalue weighted by atomic mass is 10.00. The van der Waals surface area contributed by atoms with E-state index in [-0.39, 0.29) is 6.04 Å². The fraction of sp³-hybridized carbons (Fsp3) is 0.571. The van der Waals surface area contributed by atoms with E-state index in [9.17, 15) is 17.6 Å². The molecule has 1 heterocycles. The number of halogens is 4. The number of nitrogens with one attached hydrogen (secondary N) is 1. The van der Waals surface area contributed by atoms with Crippen molar-refractivity contribution in [3.8, 4) is 0 Å². The molecule has 1 aromatic rings. The van der Waals surface area contributed by atoms with E-state index in [2.05, 4.69) is 10.2 Å². The molecule has 0 aromatic heterocycles. The highest BCUT2D eigenvalue weighted by Gasteiger charge is 2.30. The molecule has 1 aliphatic rings. The third-order valence-corrected chi connectivity index (χ3v) is 3.60. The zero-order valence-electron chi connectivity index (χ0n) is 11.1. The van der Waals surface area contributed by atoms with Crippen LogP contribution in [0.2, 0.25) is 0 Å². The second-order valence-corrected chi connectivity index (χ2v) is 4.90. The topological polar surface area (TPSA) is 15.3 Å². The van der Waals surface area contributed by atoms with E-state index in [1.165, 1.54) is 12.1 Å². The lowest BCUT2D eigenvalue weighted by Gasteiger charge is -2.35. The summed E-state index contributed by atoms with van der Waals surface area (Å²) >= 11 is 0. The van der Waals surface area contributed by atoms with Crippen LogP contribution in [0.3, 0.4) is 0 Å². The smallest absolute Gasteiger partial charge is 0.314 e. The lowest BCUT2D eigenvalue weighted by molar-refractivity contribution is -0.137. The summed E-state index contributed by atoms with van der Waals surface area (Å²) in [5.41, 5.74) is 0.0816. The number of hydrogen-bond donors (Lipinski definition) is 1. The van der Waals surface area contributed by atoms with Crippen LogP contribution in [-0.2, 0) is 6.18 Å². The first kappa shape index (κ1) is 15.3. The monoisotopic (exact) mass is 290 g/mol. The third-order valence-electron chi connectivity index (χ3n) is 3.60. The molecule has 2 nitrogen and oxygen atoms in total. The quantitative estimate of drug-likeness (QED) is 0.858. The van der Waals surface area contributed by atoms with E-state index in [1.807, 2.05) is 0 Å². The summed E-state index contributed by atoms with van der Waals surface area (Å²) in [5, 5.41) is 3.21. The first-order valence-electron chi connectivity index (χ1n) is 6.70. The minimum Gasteiger partial charge on any atom is -0.314 e. The van der Waals surface area contributed by atoms with Crippen LogP contribution in [0.5, 0.6) is 0 Å². The Hall–Kier alpha value is -1.14. The second-order valence-electron chi connectivity index (χ2n) is 4.90. The number of alkyl halides is 4. The van der Waals surface area contributed by atoms with Gasteiger partial charge in [0, 0.05) is 32.2 Å². The number of nitrogens with zero attached hydrogens (tertiary/aromatic N) is 1. The Morgan fingerprint density at radius 3 is 2.20 bits per heavy atom. The van der Waals surface area contributed by atoms with Crippen molar-refractivity contribution in [2.75, 3.05) is 32.9 Å². The standard InChI is InChI=1S/C14H18F4N2/c15-6-5-13(20-9-7-19-8-10-20)11-1-3-12(4-2-11)14(16,17)18/h1-4,13,19H,5-10H2/t13-/m0/s1. The van der Waals surface area contributed by atoms with Gasteiger partial charge >= 0.3 is 6.18 Å². The summed E-state index contributed by atoms with van der Waals surface area (Å²) in [6.07, 6.45) is -4.02. The van der Waals surface area contributed by atoms with Gasteiger partial charge in [0.05, 0.1) is 12.2 Å². The number of piperazine rings is 1. The Bertz CT molecular complexity index is 410. The SMILES string of the molecule is FCC[C@@H](c1ccc(C(F)(F)F)cc1)N1CCNCC1. The van der Waals surface area contributed by atoms with Gasteiger partial charge in [-0.1, -0.05) is 12.1 Å². The van der Waals surface area contributed by atoms with E-state index >= 15 is 0 Å². The van der Waals surface area contributed by atoms with Gasteiger partial charge in [0.25, 0.3) is 0 Å². The van der Waals surface area contributed by atoms with E-state index in [1.54, 1.807) is 0 Å². The molecule has 1 fully saturated rings. The highest BCUT2D eigenvalue weighted by atomic mass is 19.4. The number of rotatable bonds is 4. The first-order chi connectivity index (χ1) is 9.52. The van der Waals surface area contributed by atoms with E-state index in [0.717, 1.165) is 43.9 Å². The molecule has 20 heavy (non-hydrogen) atoms. The summed E-state index contributed by atoms with van der Waals surface area (Å²) in [7, 11) is 0. The normalized spacial score (nSPS) is 19.0. The fourth-order valence-corrected chi connectivity index (χ4v) is 2.55. The molecule has 1 saturated heterocycles. The highest BCUT2D eigenvalue weighted by Crippen LogP contribution is 2.31. The minimum absolute atomic E-state index is 0.149. The van der Waals surface area contributed by atoms with Gasteiger partial charge in [-0.05, 0) is 24.1 Å². The Labute approximate surface area is 115 Å². The zero-order chi connectivity index (χ0) is 14.6. The molecule has 0 bridgehead atoms.